The third-order valence-electron chi connectivity index (χ3n) is 3.20. The average molecular weight is 376 g/mol. The Morgan fingerprint density at radius 2 is 1.88 bits per heavy atom. The molecule has 0 bridgehead atoms. The maximum Gasteiger partial charge on any atom is 0.408 e. The van der Waals surface area contributed by atoms with E-state index in [1.807, 2.05) is 30.3 Å². The predicted molar refractivity (Wildman–Crippen MR) is 100 cm³/mol. The Hall–Kier alpha value is -2.41. The summed E-state index contributed by atoms with van der Waals surface area (Å²) in [5.41, 5.74) is 0.816. The van der Waals surface area contributed by atoms with Crippen molar-refractivity contribution in [2.24, 2.45) is 0 Å². The van der Waals surface area contributed by atoms with E-state index in [9.17, 15) is 9.59 Å². The van der Waals surface area contributed by atoms with Crippen LogP contribution in [0, 0.1) is 0 Å². The van der Waals surface area contributed by atoms with E-state index in [1.165, 1.54) is 11.3 Å². The van der Waals surface area contributed by atoms with E-state index in [4.69, 9.17) is 9.47 Å². The molecule has 0 aliphatic heterocycles. The molecule has 7 heteroatoms. The SMILES string of the molecule is CCOC(=O)c1nc(CNC(=O)OC(C)(C)C)sc1Cc1ccccc1. The van der Waals surface area contributed by atoms with Gasteiger partial charge in [0, 0.05) is 11.3 Å². The summed E-state index contributed by atoms with van der Waals surface area (Å²) in [4.78, 5) is 29.2. The third-order valence-corrected chi connectivity index (χ3v) is 4.26. The van der Waals surface area contributed by atoms with Crippen molar-refractivity contribution < 1.29 is 19.1 Å². The lowest BCUT2D eigenvalue weighted by Crippen LogP contribution is -2.32. The molecule has 140 valence electrons. The normalized spacial score (nSPS) is 11.1. The first kappa shape index (κ1) is 19.9. The number of amides is 1. The van der Waals surface area contributed by atoms with Gasteiger partial charge in [-0.15, -0.1) is 11.3 Å². The largest absolute Gasteiger partial charge is 0.461 e. The smallest absolute Gasteiger partial charge is 0.408 e. The van der Waals surface area contributed by atoms with E-state index in [0.717, 1.165) is 10.4 Å². The highest BCUT2D eigenvalue weighted by molar-refractivity contribution is 7.12. The highest BCUT2D eigenvalue weighted by Gasteiger charge is 2.21. The Kier molecular flexibility index (Phi) is 6.74. The molecule has 0 saturated heterocycles. The summed E-state index contributed by atoms with van der Waals surface area (Å²) in [7, 11) is 0. The van der Waals surface area contributed by atoms with Crippen LogP contribution in [0.2, 0.25) is 0 Å². The number of aromatic nitrogens is 1. The number of alkyl carbamates (subject to hydrolysis) is 1. The first-order chi connectivity index (χ1) is 12.3. The highest BCUT2D eigenvalue weighted by atomic mass is 32.1. The Morgan fingerprint density at radius 1 is 1.19 bits per heavy atom. The average Bonchev–Trinajstić information content (AvgIpc) is 2.95. The van der Waals surface area contributed by atoms with Gasteiger partial charge >= 0.3 is 12.1 Å². The molecule has 1 aromatic heterocycles. The third kappa shape index (κ3) is 6.15. The Balaban J connectivity index is 2.13. The van der Waals surface area contributed by atoms with Crippen LogP contribution in [0.3, 0.4) is 0 Å². The number of carbonyl (C=O) groups excluding carboxylic acids is 2. The minimum atomic E-state index is -0.568. The molecule has 26 heavy (non-hydrogen) atoms. The Bertz CT molecular complexity index is 751. The van der Waals surface area contributed by atoms with Crippen LogP contribution in [0.4, 0.5) is 4.79 Å². The molecule has 0 unspecified atom stereocenters. The van der Waals surface area contributed by atoms with E-state index in [0.29, 0.717) is 17.1 Å². The van der Waals surface area contributed by atoms with Crippen molar-refractivity contribution in [1.82, 2.24) is 10.3 Å². The number of carbonyl (C=O) groups is 2. The van der Waals surface area contributed by atoms with Crippen LogP contribution in [-0.4, -0.2) is 29.3 Å². The van der Waals surface area contributed by atoms with Gasteiger partial charge in [-0.2, -0.15) is 0 Å². The Morgan fingerprint density at radius 3 is 2.50 bits per heavy atom. The van der Waals surface area contributed by atoms with Crippen molar-refractivity contribution in [2.75, 3.05) is 6.61 Å². The minimum absolute atomic E-state index is 0.195. The number of hydrogen-bond donors (Lipinski definition) is 1. The first-order valence-corrected chi connectivity index (χ1v) is 9.26. The number of nitrogens with one attached hydrogen (secondary N) is 1. The number of thiazole rings is 1. The minimum Gasteiger partial charge on any atom is -0.461 e. The Labute approximate surface area is 157 Å². The lowest BCUT2D eigenvalue weighted by atomic mass is 10.1. The number of nitrogens with zero attached hydrogens (tertiary/aromatic N) is 1. The van der Waals surface area contributed by atoms with Gasteiger partial charge in [0.1, 0.15) is 10.6 Å². The van der Waals surface area contributed by atoms with E-state index in [-0.39, 0.29) is 13.2 Å². The van der Waals surface area contributed by atoms with Gasteiger partial charge in [-0.05, 0) is 33.3 Å². The standard InChI is InChI=1S/C19H24N2O4S/c1-5-24-17(22)16-14(11-13-9-7-6-8-10-13)26-15(21-16)12-20-18(23)25-19(2,3)4/h6-10H,5,11-12H2,1-4H3,(H,20,23). The molecular weight excluding hydrogens is 352 g/mol. The molecule has 0 radical (unpaired) electrons. The van der Waals surface area contributed by atoms with Crippen molar-refractivity contribution in [3.63, 3.8) is 0 Å². The molecule has 2 rings (SSSR count). The van der Waals surface area contributed by atoms with Gasteiger partial charge in [0.05, 0.1) is 13.2 Å². The van der Waals surface area contributed by atoms with Gasteiger partial charge < -0.3 is 14.8 Å². The number of hydrogen-bond acceptors (Lipinski definition) is 6. The molecule has 0 fully saturated rings. The fraction of sp³-hybridized carbons (Fsp3) is 0.421. The van der Waals surface area contributed by atoms with Gasteiger partial charge in [0.2, 0.25) is 0 Å². The van der Waals surface area contributed by atoms with Crippen molar-refractivity contribution in [2.45, 2.75) is 46.3 Å². The maximum absolute atomic E-state index is 12.2. The fourth-order valence-electron chi connectivity index (χ4n) is 2.20. The van der Waals surface area contributed by atoms with Crippen LogP contribution in [0.5, 0.6) is 0 Å². The van der Waals surface area contributed by atoms with Gasteiger partial charge in [0.25, 0.3) is 0 Å². The van der Waals surface area contributed by atoms with Crippen LogP contribution in [0.1, 0.15) is 53.6 Å². The van der Waals surface area contributed by atoms with E-state index < -0.39 is 17.7 Å². The molecule has 0 aliphatic rings. The van der Waals surface area contributed by atoms with Crippen molar-refractivity contribution >= 4 is 23.4 Å². The molecular formula is C19H24N2O4S. The zero-order chi connectivity index (χ0) is 19.2. The summed E-state index contributed by atoms with van der Waals surface area (Å²) >= 11 is 1.39. The van der Waals surface area contributed by atoms with Gasteiger partial charge in [-0.3, -0.25) is 0 Å². The molecule has 0 spiro atoms. The van der Waals surface area contributed by atoms with Gasteiger partial charge in [-0.1, -0.05) is 30.3 Å². The van der Waals surface area contributed by atoms with E-state index >= 15 is 0 Å². The monoisotopic (exact) mass is 376 g/mol. The van der Waals surface area contributed by atoms with Crippen molar-refractivity contribution in [3.8, 4) is 0 Å². The lowest BCUT2D eigenvalue weighted by molar-refractivity contribution is 0.0515. The molecule has 1 N–H and O–H groups in total. The van der Waals surface area contributed by atoms with E-state index in [1.54, 1.807) is 27.7 Å². The summed E-state index contributed by atoms with van der Waals surface area (Å²) in [6.45, 7) is 7.63. The second-order valence-corrected chi connectivity index (χ2v) is 7.79. The fourth-order valence-corrected chi connectivity index (χ4v) is 3.23. The summed E-state index contributed by atoms with van der Waals surface area (Å²) in [6, 6.07) is 9.83. The second kappa shape index (κ2) is 8.80. The highest BCUT2D eigenvalue weighted by Crippen LogP contribution is 2.23. The molecule has 2 aromatic rings. The van der Waals surface area contributed by atoms with Crippen LogP contribution < -0.4 is 5.32 Å². The second-order valence-electron chi connectivity index (χ2n) is 6.62. The zero-order valence-corrected chi connectivity index (χ0v) is 16.3. The number of esters is 1. The summed E-state index contributed by atoms with van der Waals surface area (Å²) in [5.74, 6) is -0.446. The lowest BCUT2D eigenvalue weighted by Gasteiger charge is -2.19. The molecule has 6 nitrogen and oxygen atoms in total. The first-order valence-electron chi connectivity index (χ1n) is 8.45. The van der Waals surface area contributed by atoms with Crippen molar-refractivity contribution in [1.29, 1.82) is 0 Å². The van der Waals surface area contributed by atoms with E-state index in [2.05, 4.69) is 10.3 Å². The van der Waals surface area contributed by atoms with Crippen LogP contribution in [0.15, 0.2) is 30.3 Å². The molecule has 1 heterocycles. The summed E-state index contributed by atoms with van der Waals surface area (Å²) in [5, 5.41) is 3.29. The van der Waals surface area contributed by atoms with Gasteiger partial charge in [-0.25, -0.2) is 14.6 Å². The topological polar surface area (TPSA) is 77.5 Å². The predicted octanol–water partition coefficient (Wildman–Crippen LogP) is 3.94. The maximum atomic E-state index is 12.2. The molecule has 0 saturated carbocycles. The number of rotatable bonds is 6. The molecule has 0 aliphatic carbocycles. The van der Waals surface area contributed by atoms with Crippen LogP contribution in [-0.2, 0) is 22.4 Å². The van der Waals surface area contributed by atoms with Crippen LogP contribution >= 0.6 is 11.3 Å². The van der Waals surface area contributed by atoms with Crippen molar-refractivity contribution in [3.05, 3.63) is 51.5 Å². The molecule has 0 atom stereocenters. The zero-order valence-electron chi connectivity index (χ0n) is 15.5. The quantitative estimate of drug-likeness (QED) is 0.773. The van der Waals surface area contributed by atoms with Crippen LogP contribution in [0.25, 0.3) is 0 Å². The number of ether oxygens (including phenoxy) is 2. The molecule has 1 amide bonds. The van der Waals surface area contributed by atoms with Gasteiger partial charge in [0.15, 0.2) is 5.69 Å². The molecule has 1 aromatic carbocycles. The number of benzene rings is 1. The summed E-state index contributed by atoms with van der Waals surface area (Å²) in [6.07, 6.45) is 0.0639. The summed E-state index contributed by atoms with van der Waals surface area (Å²) < 4.78 is 10.3.